The molecule has 0 aliphatic carbocycles. The van der Waals surface area contributed by atoms with Crippen LogP contribution in [0.2, 0.25) is 0 Å². The maximum absolute atomic E-state index is 12.0. The van der Waals surface area contributed by atoms with Gasteiger partial charge in [-0.2, -0.15) is 0 Å². The van der Waals surface area contributed by atoms with Crippen LogP contribution in [-0.2, 0) is 4.79 Å². The van der Waals surface area contributed by atoms with Gasteiger partial charge in [-0.15, -0.1) is 0 Å². The molecular formula is C20H19N3O3. The standard InChI is InChI=1S/C20H19N3O3/c1-14-11-15(2)22-20(21-14)26-18-10-6-7-16(12-18)23-19(24)13-25-17-8-4-3-5-9-17/h3-12H,13H2,1-2H3,(H,23,24). The van der Waals surface area contributed by atoms with E-state index in [1.807, 2.05) is 38.1 Å². The van der Waals surface area contributed by atoms with Gasteiger partial charge >= 0.3 is 6.01 Å². The van der Waals surface area contributed by atoms with Gasteiger partial charge in [-0.1, -0.05) is 24.3 Å². The number of para-hydroxylation sites is 1. The van der Waals surface area contributed by atoms with Gasteiger partial charge in [0.2, 0.25) is 0 Å². The Morgan fingerprint density at radius 2 is 1.62 bits per heavy atom. The molecule has 0 spiro atoms. The van der Waals surface area contributed by atoms with Crippen LogP contribution in [0, 0.1) is 13.8 Å². The molecule has 0 saturated carbocycles. The number of carbonyl (C=O) groups excluding carboxylic acids is 1. The van der Waals surface area contributed by atoms with E-state index >= 15 is 0 Å². The predicted octanol–water partition coefficient (Wildman–Crippen LogP) is 3.90. The number of amides is 1. The van der Waals surface area contributed by atoms with E-state index in [2.05, 4.69) is 15.3 Å². The Bertz CT molecular complexity index is 878. The first kappa shape index (κ1) is 17.4. The Hall–Kier alpha value is -3.41. The number of aryl methyl sites for hydroxylation is 2. The van der Waals surface area contributed by atoms with Crippen LogP contribution >= 0.6 is 0 Å². The molecule has 1 amide bonds. The minimum absolute atomic E-state index is 0.0741. The van der Waals surface area contributed by atoms with E-state index in [-0.39, 0.29) is 18.5 Å². The maximum Gasteiger partial charge on any atom is 0.322 e. The quantitative estimate of drug-likeness (QED) is 0.730. The lowest BCUT2D eigenvalue weighted by atomic mass is 10.3. The number of hydrogen-bond acceptors (Lipinski definition) is 5. The summed E-state index contributed by atoms with van der Waals surface area (Å²) in [6.07, 6.45) is 0. The van der Waals surface area contributed by atoms with Gasteiger partial charge in [-0.05, 0) is 44.2 Å². The molecule has 1 aromatic heterocycles. The molecular weight excluding hydrogens is 330 g/mol. The topological polar surface area (TPSA) is 73.3 Å². The number of benzene rings is 2. The third-order valence-electron chi connectivity index (χ3n) is 3.40. The van der Waals surface area contributed by atoms with Gasteiger partial charge in [0.1, 0.15) is 11.5 Å². The monoisotopic (exact) mass is 349 g/mol. The summed E-state index contributed by atoms with van der Waals surface area (Å²) >= 11 is 0. The van der Waals surface area contributed by atoms with Crippen molar-refractivity contribution in [3.05, 3.63) is 72.1 Å². The number of rotatable bonds is 6. The molecule has 0 atom stereocenters. The molecule has 26 heavy (non-hydrogen) atoms. The van der Waals surface area contributed by atoms with Gasteiger partial charge < -0.3 is 14.8 Å². The number of ether oxygens (including phenoxy) is 2. The molecule has 6 heteroatoms. The van der Waals surface area contributed by atoms with E-state index in [1.54, 1.807) is 36.4 Å². The third-order valence-corrected chi connectivity index (χ3v) is 3.40. The lowest BCUT2D eigenvalue weighted by molar-refractivity contribution is -0.118. The lowest BCUT2D eigenvalue weighted by Crippen LogP contribution is -2.20. The zero-order valence-corrected chi connectivity index (χ0v) is 14.6. The first-order valence-electron chi connectivity index (χ1n) is 8.16. The van der Waals surface area contributed by atoms with E-state index < -0.39 is 0 Å². The van der Waals surface area contributed by atoms with Crippen molar-refractivity contribution in [3.8, 4) is 17.5 Å². The first-order chi connectivity index (χ1) is 12.6. The molecule has 0 radical (unpaired) electrons. The fraction of sp³-hybridized carbons (Fsp3) is 0.150. The Morgan fingerprint density at radius 1 is 0.923 bits per heavy atom. The van der Waals surface area contributed by atoms with E-state index in [0.29, 0.717) is 17.2 Å². The van der Waals surface area contributed by atoms with E-state index in [0.717, 1.165) is 11.4 Å². The summed E-state index contributed by atoms with van der Waals surface area (Å²) in [5.74, 6) is 0.928. The summed E-state index contributed by atoms with van der Waals surface area (Å²) in [5, 5.41) is 2.78. The van der Waals surface area contributed by atoms with Crippen molar-refractivity contribution >= 4 is 11.6 Å². The third kappa shape index (κ3) is 5.04. The molecule has 0 unspecified atom stereocenters. The normalized spacial score (nSPS) is 10.2. The Morgan fingerprint density at radius 3 is 2.35 bits per heavy atom. The molecule has 1 heterocycles. The van der Waals surface area contributed by atoms with Gasteiger partial charge in [0.15, 0.2) is 6.61 Å². The highest BCUT2D eigenvalue weighted by Crippen LogP contribution is 2.22. The van der Waals surface area contributed by atoms with Crippen LogP contribution in [0.3, 0.4) is 0 Å². The minimum atomic E-state index is -0.256. The highest BCUT2D eigenvalue weighted by Gasteiger charge is 2.07. The van der Waals surface area contributed by atoms with E-state index in [9.17, 15) is 4.79 Å². The average Bonchev–Trinajstić information content (AvgIpc) is 2.60. The van der Waals surface area contributed by atoms with Crippen molar-refractivity contribution in [2.75, 3.05) is 11.9 Å². The minimum Gasteiger partial charge on any atom is -0.484 e. The van der Waals surface area contributed by atoms with Crippen LogP contribution < -0.4 is 14.8 Å². The summed E-state index contributed by atoms with van der Waals surface area (Å²) in [7, 11) is 0. The van der Waals surface area contributed by atoms with Crippen molar-refractivity contribution in [1.82, 2.24) is 9.97 Å². The number of hydrogen-bond donors (Lipinski definition) is 1. The Balaban J connectivity index is 1.60. The van der Waals surface area contributed by atoms with E-state index in [4.69, 9.17) is 9.47 Å². The van der Waals surface area contributed by atoms with E-state index in [1.165, 1.54) is 0 Å². The fourth-order valence-corrected chi connectivity index (χ4v) is 2.34. The molecule has 0 aliphatic heterocycles. The first-order valence-corrected chi connectivity index (χ1v) is 8.16. The molecule has 0 saturated heterocycles. The molecule has 132 valence electrons. The summed E-state index contributed by atoms with van der Waals surface area (Å²) in [4.78, 5) is 20.5. The molecule has 3 aromatic rings. The van der Waals surface area contributed by atoms with Crippen LogP contribution in [0.4, 0.5) is 5.69 Å². The number of carbonyl (C=O) groups is 1. The van der Waals surface area contributed by atoms with Crippen molar-refractivity contribution in [1.29, 1.82) is 0 Å². The van der Waals surface area contributed by atoms with Gasteiger partial charge in [0.25, 0.3) is 5.91 Å². The number of nitrogens with one attached hydrogen (secondary N) is 1. The summed E-state index contributed by atoms with van der Waals surface area (Å²) in [5.41, 5.74) is 2.26. The highest BCUT2D eigenvalue weighted by atomic mass is 16.5. The molecule has 0 aliphatic rings. The summed E-state index contributed by atoms with van der Waals surface area (Å²) < 4.78 is 11.1. The second-order valence-corrected chi connectivity index (χ2v) is 5.71. The molecule has 3 rings (SSSR count). The zero-order chi connectivity index (χ0) is 18.4. The van der Waals surface area contributed by atoms with Gasteiger partial charge in [-0.25, -0.2) is 9.97 Å². The maximum atomic E-state index is 12.0. The molecule has 6 nitrogen and oxygen atoms in total. The largest absolute Gasteiger partial charge is 0.484 e. The SMILES string of the molecule is Cc1cc(C)nc(Oc2cccc(NC(=O)COc3ccccc3)c2)n1. The molecule has 1 N–H and O–H groups in total. The number of anilines is 1. The molecule has 0 bridgehead atoms. The van der Waals surface area contributed by atoms with Crippen molar-refractivity contribution in [2.45, 2.75) is 13.8 Å². The van der Waals surface area contributed by atoms with Crippen LogP contribution in [0.15, 0.2) is 60.7 Å². The zero-order valence-electron chi connectivity index (χ0n) is 14.6. The van der Waals surface area contributed by atoms with Crippen LogP contribution in [-0.4, -0.2) is 22.5 Å². The van der Waals surface area contributed by atoms with Crippen molar-refractivity contribution in [3.63, 3.8) is 0 Å². The van der Waals surface area contributed by atoms with Crippen molar-refractivity contribution in [2.24, 2.45) is 0 Å². The van der Waals surface area contributed by atoms with Gasteiger partial charge in [-0.3, -0.25) is 4.79 Å². The second kappa shape index (κ2) is 8.11. The summed E-state index contributed by atoms with van der Waals surface area (Å²) in [6.45, 7) is 3.69. The highest BCUT2D eigenvalue weighted by molar-refractivity contribution is 5.92. The van der Waals surface area contributed by atoms with Gasteiger partial charge in [0.05, 0.1) is 0 Å². The lowest BCUT2D eigenvalue weighted by Gasteiger charge is -2.09. The van der Waals surface area contributed by atoms with Crippen LogP contribution in [0.25, 0.3) is 0 Å². The van der Waals surface area contributed by atoms with Gasteiger partial charge in [0, 0.05) is 23.1 Å². The van der Waals surface area contributed by atoms with Crippen LogP contribution in [0.1, 0.15) is 11.4 Å². The fourth-order valence-electron chi connectivity index (χ4n) is 2.34. The molecule has 0 fully saturated rings. The Labute approximate surface area is 151 Å². The van der Waals surface area contributed by atoms with Crippen molar-refractivity contribution < 1.29 is 14.3 Å². The molecule has 2 aromatic carbocycles. The Kier molecular flexibility index (Phi) is 5.43. The number of aromatic nitrogens is 2. The van der Waals surface area contributed by atoms with Crippen LogP contribution in [0.5, 0.6) is 17.5 Å². The second-order valence-electron chi connectivity index (χ2n) is 5.71. The average molecular weight is 349 g/mol. The summed E-state index contributed by atoms with van der Waals surface area (Å²) in [6, 6.07) is 18.4. The number of nitrogens with zero attached hydrogens (tertiary/aromatic N) is 2. The smallest absolute Gasteiger partial charge is 0.322 e. The predicted molar refractivity (Wildman–Crippen MR) is 98.6 cm³/mol.